The first-order valence-electron chi connectivity index (χ1n) is 7.33. The van der Waals surface area contributed by atoms with E-state index in [0.717, 1.165) is 51.7 Å². The number of carboxylic acids is 1. The Hall–Kier alpha value is -0.650. The fourth-order valence-corrected chi connectivity index (χ4v) is 3.49. The van der Waals surface area contributed by atoms with E-state index in [-0.39, 0.29) is 5.92 Å². The molecule has 0 amide bonds. The molecule has 5 nitrogen and oxygen atoms in total. The second-order valence-corrected chi connectivity index (χ2v) is 6.00. The van der Waals surface area contributed by atoms with Gasteiger partial charge in [-0.2, -0.15) is 0 Å². The molecule has 2 aliphatic rings. The first kappa shape index (κ1) is 14.8. The van der Waals surface area contributed by atoms with Crippen LogP contribution in [0.1, 0.15) is 38.5 Å². The SMILES string of the molecule is COC1CCN(CCC2CCCC2(N)C(=O)O)CC1. The van der Waals surface area contributed by atoms with E-state index in [0.29, 0.717) is 12.5 Å². The van der Waals surface area contributed by atoms with E-state index in [1.807, 2.05) is 0 Å². The Kier molecular flexibility index (Phi) is 4.81. The van der Waals surface area contributed by atoms with Crippen molar-refractivity contribution in [2.75, 3.05) is 26.7 Å². The summed E-state index contributed by atoms with van der Waals surface area (Å²) in [7, 11) is 1.77. The fraction of sp³-hybridized carbons (Fsp3) is 0.929. The zero-order valence-corrected chi connectivity index (χ0v) is 11.8. The van der Waals surface area contributed by atoms with Gasteiger partial charge in [-0.3, -0.25) is 4.79 Å². The van der Waals surface area contributed by atoms with Gasteiger partial charge in [0.2, 0.25) is 0 Å². The maximum Gasteiger partial charge on any atom is 0.323 e. The van der Waals surface area contributed by atoms with Gasteiger partial charge in [0.1, 0.15) is 5.54 Å². The lowest BCUT2D eigenvalue weighted by Gasteiger charge is -2.33. The van der Waals surface area contributed by atoms with Crippen LogP contribution in [-0.4, -0.2) is 54.4 Å². The maximum absolute atomic E-state index is 11.3. The summed E-state index contributed by atoms with van der Waals surface area (Å²) in [6.45, 7) is 3.07. The lowest BCUT2D eigenvalue weighted by Crippen LogP contribution is -2.51. The van der Waals surface area contributed by atoms with Gasteiger partial charge in [0.15, 0.2) is 0 Å². The van der Waals surface area contributed by atoms with E-state index < -0.39 is 11.5 Å². The smallest absolute Gasteiger partial charge is 0.323 e. The van der Waals surface area contributed by atoms with Crippen LogP contribution in [0.15, 0.2) is 0 Å². The third kappa shape index (κ3) is 3.27. The Morgan fingerprint density at radius 2 is 2.11 bits per heavy atom. The number of piperidine rings is 1. The van der Waals surface area contributed by atoms with Gasteiger partial charge in [-0.15, -0.1) is 0 Å². The molecular weight excluding hydrogens is 244 g/mol. The molecule has 0 aromatic carbocycles. The van der Waals surface area contributed by atoms with Crippen molar-refractivity contribution in [2.24, 2.45) is 11.7 Å². The second-order valence-electron chi connectivity index (χ2n) is 6.00. The van der Waals surface area contributed by atoms with E-state index in [1.54, 1.807) is 7.11 Å². The molecule has 5 heteroatoms. The number of hydrogen-bond acceptors (Lipinski definition) is 4. The van der Waals surface area contributed by atoms with Crippen LogP contribution >= 0.6 is 0 Å². The molecule has 19 heavy (non-hydrogen) atoms. The van der Waals surface area contributed by atoms with E-state index in [4.69, 9.17) is 10.5 Å². The van der Waals surface area contributed by atoms with E-state index in [2.05, 4.69) is 4.90 Å². The zero-order chi connectivity index (χ0) is 13.9. The van der Waals surface area contributed by atoms with Crippen LogP contribution in [0.25, 0.3) is 0 Å². The Labute approximate surface area is 115 Å². The molecule has 1 saturated heterocycles. The average molecular weight is 270 g/mol. The van der Waals surface area contributed by atoms with Crippen molar-refractivity contribution in [1.82, 2.24) is 4.90 Å². The van der Waals surface area contributed by atoms with Gasteiger partial charge in [0.05, 0.1) is 6.10 Å². The van der Waals surface area contributed by atoms with Gasteiger partial charge in [0, 0.05) is 20.2 Å². The molecule has 2 unspecified atom stereocenters. The van der Waals surface area contributed by atoms with Gasteiger partial charge in [-0.1, -0.05) is 6.42 Å². The van der Waals surface area contributed by atoms with E-state index >= 15 is 0 Å². The second kappa shape index (κ2) is 6.20. The zero-order valence-electron chi connectivity index (χ0n) is 11.8. The summed E-state index contributed by atoms with van der Waals surface area (Å²) in [5.74, 6) is -0.696. The van der Waals surface area contributed by atoms with Gasteiger partial charge < -0.3 is 20.5 Å². The molecule has 0 aromatic rings. The Morgan fingerprint density at radius 3 is 2.68 bits per heavy atom. The van der Waals surface area contributed by atoms with E-state index in [1.165, 1.54) is 0 Å². The van der Waals surface area contributed by atoms with Crippen LogP contribution in [0, 0.1) is 5.92 Å². The van der Waals surface area contributed by atoms with Crippen molar-refractivity contribution in [3.05, 3.63) is 0 Å². The number of aliphatic carboxylic acids is 1. The van der Waals surface area contributed by atoms with Crippen molar-refractivity contribution < 1.29 is 14.6 Å². The number of methoxy groups -OCH3 is 1. The number of nitrogens with two attached hydrogens (primary N) is 1. The van der Waals surface area contributed by atoms with Gasteiger partial charge in [0.25, 0.3) is 0 Å². The number of nitrogens with zero attached hydrogens (tertiary/aromatic N) is 1. The monoisotopic (exact) mass is 270 g/mol. The molecule has 0 radical (unpaired) electrons. The van der Waals surface area contributed by atoms with Crippen LogP contribution in [0.2, 0.25) is 0 Å². The molecule has 2 atom stereocenters. The predicted molar refractivity (Wildman–Crippen MR) is 73.0 cm³/mol. The molecule has 0 spiro atoms. The summed E-state index contributed by atoms with van der Waals surface area (Å²) in [6.07, 6.45) is 5.98. The number of rotatable bonds is 5. The van der Waals surface area contributed by atoms with Crippen molar-refractivity contribution in [1.29, 1.82) is 0 Å². The quantitative estimate of drug-likeness (QED) is 0.781. The van der Waals surface area contributed by atoms with Gasteiger partial charge in [-0.05, 0) is 44.6 Å². The number of carboxylic acid groups (broad SMARTS) is 1. The predicted octanol–water partition coefficient (Wildman–Crippen LogP) is 1.07. The van der Waals surface area contributed by atoms with Crippen LogP contribution in [0.3, 0.4) is 0 Å². The van der Waals surface area contributed by atoms with E-state index in [9.17, 15) is 9.90 Å². The number of ether oxygens (including phenoxy) is 1. The molecule has 2 rings (SSSR count). The van der Waals surface area contributed by atoms with Crippen molar-refractivity contribution in [3.8, 4) is 0 Å². The minimum Gasteiger partial charge on any atom is -0.480 e. The largest absolute Gasteiger partial charge is 0.480 e. The highest BCUT2D eigenvalue weighted by atomic mass is 16.5. The van der Waals surface area contributed by atoms with Crippen molar-refractivity contribution >= 4 is 5.97 Å². The highest BCUT2D eigenvalue weighted by molar-refractivity contribution is 5.79. The summed E-state index contributed by atoms with van der Waals surface area (Å²) in [5, 5.41) is 9.29. The minimum absolute atomic E-state index is 0.130. The summed E-state index contributed by atoms with van der Waals surface area (Å²) < 4.78 is 5.36. The molecule has 2 fully saturated rings. The van der Waals surface area contributed by atoms with Crippen molar-refractivity contribution in [3.63, 3.8) is 0 Å². The molecular formula is C14H26N2O3. The maximum atomic E-state index is 11.3. The van der Waals surface area contributed by atoms with Crippen LogP contribution < -0.4 is 5.73 Å². The number of hydrogen-bond donors (Lipinski definition) is 2. The summed E-state index contributed by atoms with van der Waals surface area (Å²) in [4.78, 5) is 13.7. The molecule has 1 aliphatic carbocycles. The Balaban J connectivity index is 1.78. The van der Waals surface area contributed by atoms with Crippen molar-refractivity contribution in [2.45, 2.75) is 50.2 Å². The average Bonchev–Trinajstić information content (AvgIpc) is 2.80. The molecule has 1 heterocycles. The topological polar surface area (TPSA) is 75.8 Å². The summed E-state index contributed by atoms with van der Waals surface area (Å²) in [6, 6.07) is 0. The molecule has 1 saturated carbocycles. The number of likely N-dealkylation sites (tertiary alicyclic amines) is 1. The lowest BCUT2D eigenvalue weighted by molar-refractivity contribution is -0.144. The third-order valence-electron chi connectivity index (χ3n) is 4.93. The molecule has 110 valence electrons. The Morgan fingerprint density at radius 1 is 1.42 bits per heavy atom. The highest BCUT2D eigenvalue weighted by Gasteiger charge is 2.45. The summed E-state index contributed by atoms with van der Waals surface area (Å²) >= 11 is 0. The molecule has 1 aliphatic heterocycles. The third-order valence-corrected chi connectivity index (χ3v) is 4.93. The van der Waals surface area contributed by atoms with Gasteiger partial charge >= 0.3 is 5.97 Å². The minimum atomic E-state index is -0.981. The number of carbonyl (C=O) groups is 1. The standard InChI is InChI=1S/C14H26N2O3/c1-19-12-5-9-16(10-6-12)8-4-11-3-2-7-14(11,15)13(17)18/h11-12H,2-10,15H2,1H3,(H,17,18). The molecule has 3 N–H and O–H groups in total. The van der Waals surface area contributed by atoms with Gasteiger partial charge in [-0.25, -0.2) is 0 Å². The Bertz CT molecular complexity index is 316. The van der Waals surface area contributed by atoms with Crippen LogP contribution in [0.5, 0.6) is 0 Å². The fourth-order valence-electron chi connectivity index (χ4n) is 3.49. The van der Waals surface area contributed by atoms with Crippen LogP contribution in [0.4, 0.5) is 0 Å². The molecule has 0 aromatic heterocycles. The lowest BCUT2D eigenvalue weighted by atomic mass is 9.85. The first-order chi connectivity index (χ1) is 9.06. The summed E-state index contributed by atoms with van der Waals surface area (Å²) in [5.41, 5.74) is 5.09. The van der Waals surface area contributed by atoms with Crippen LogP contribution in [-0.2, 0) is 9.53 Å². The highest BCUT2D eigenvalue weighted by Crippen LogP contribution is 2.36. The molecule has 0 bridgehead atoms. The first-order valence-corrected chi connectivity index (χ1v) is 7.33. The normalized spacial score (nSPS) is 33.7.